The van der Waals surface area contributed by atoms with Crippen LogP contribution < -0.4 is 0 Å². The number of allylic oxidation sites excluding steroid dienone is 4. The lowest BCUT2D eigenvalue weighted by atomic mass is 10.0. The second-order valence-corrected chi connectivity index (χ2v) is 6.15. The van der Waals surface area contributed by atoms with Gasteiger partial charge in [0.05, 0.1) is 0 Å². The molecule has 0 saturated carbocycles. The number of hydrogen-bond donors (Lipinski definition) is 0. The number of hydrogen-bond acceptors (Lipinski definition) is 1. The molecule has 0 aromatic heterocycles. The molecule has 0 atom stereocenters. The summed E-state index contributed by atoms with van der Waals surface area (Å²) in [4.78, 5) is 0. The zero-order valence-electron chi connectivity index (χ0n) is 14.3. The van der Waals surface area contributed by atoms with Gasteiger partial charge in [0.25, 0.3) is 0 Å². The van der Waals surface area contributed by atoms with Gasteiger partial charge in [-0.15, -0.1) is 0 Å². The van der Waals surface area contributed by atoms with Gasteiger partial charge in [0.2, 0.25) is 5.71 Å². The van der Waals surface area contributed by atoms with Gasteiger partial charge in [0.1, 0.15) is 0 Å². The van der Waals surface area contributed by atoms with Gasteiger partial charge in [-0.1, -0.05) is 60.7 Å². The SMILES string of the molecule is [O-][N+](C1=CCCCC1)=C(/C=C/c1ccccc1)/C=C/c1ccccc1. The molecule has 2 aromatic carbocycles. The van der Waals surface area contributed by atoms with Crippen molar-refractivity contribution in [3.8, 4) is 0 Å². The minimum absolute atomic E-state index is 0.654. The van der Waals surface area contributed by atoms with E-state index in [4.69, 9.17) is 0 Å². The van der Waals surface area contributed by atoms with Gasteiger partial charge in [-0.25, -0.2) is 0 Å². The van der Waals surface area contributed by atoms with Crippen LogP contribution in [-0.2, 0) is 0 Å². The average molecular weight is 329 g/mol. The molecule has 2 nitrogen and oxygen atoms in total. The molecule has 0 saturated heterocycles. The summed E-state index contributed by atoms with van der Waals surface area (Å²) in [5.74, 6) is 0. The van der Waals surface area contributed by atoms with Crippen LogP contribution in [0.4, 0.5) is 0 Å². The highest BCUT2D eigenvalue weighted by Crippen LogP contribution is 2.18. The quantitative estimate of drug-likeness (QED) is 0.294. The van der Waals surface area contributed by atoms with Crippen LogP contribution in [0, 0.1) is 5.21 Å². The molecule has 0 fully saturated rings. The minimum atomic E-state index is 0.654. The summed E-state index contributed by atoms with van der Waals surface area (Å²) in [6, 6.07) is 20.1. The van der Waals surface area contributed by atoms with Crippen molar-refractivity contribution in [2.75, 3.05) is 0 Å². The molecule has 1 aliphatic carbocycles. The van der Waals surface area contributed by atoms with E-state index in [1.807, 2.05) is 85.0 Å². The zero-order valence-corrected chi connectivity index (χ0v) is 14.3. The number of hydroxylamine groups is 1. The summed E-state index contributed by atoms with van der Waals surface area (Å²) < 4.78 is 1.08. The number of rotatable bonds is 5. The Labute approximate surface area is 149 Å². The highest BCUT2D eigenvalue weighted by Gasteiger charge is 2.13. The zero-order chi connectivity index (χ0) is 17.3. The Bertz CT molecular complexity index is 747. The first-order chi connectivity index (χ1) is 12.3. The second kappa shape index (κ2) is 8.84. The standard InChI is InChI=1S/C23H23NO/c25-24(22-14-8-3-9-15-22)23(18-16-20-10-4-1-5-11-20)19-17-21-12-6-2-7-13-21/h1-2,4-7,10-14,16-19H,3,8-9,15H2/b18-16+,19-17+. The van der Waals surface area contributed by atoms with E-state index < -0.39 is 0 Å². The molecule has 0 N–H and O–H groups in total. The Morgan fingerprint density at radius 3 is 1.84 bits per heavy atom. The molecule has 0 heterocycles. The molecular formula is C23H23NO. The topological polar surface area (TPSA) is 26.1 Å². The van der Waals surface area contributed by atoms with Crippen molar-refractivity contribution in [2.24, 2.45) is 0 Å². The van der Waals surface area contributed by atoms with E-state index in [0.717, 1.165) is 40.8 Å². The van der Waals surface area contributed by atoms with E-state index in [-0.39, 0.29) is 0 Å². The van der Waals surface area contributed by atoms with Crippen LogP contribution in [-0.4, -0.2) is 10.5 Å². The number of nitrogens with zero attached hydrogens (tertiary/aromatic N) is 1. The predicted octanol–water partition coefficient (Wildman–Crippen LogP) is 5.82. The molecule has 0 radical (unpaired) electrons. The lowest BCUT2D eigenvalue weighted by Gasteiger charge is -2.13. The van der Waals surface area contributed by atoms with Gasteiger partial charge in [0.15, 0.2) is 5.70 Å². The molecule has 0 bridgehead atoms. The van der Waals surface area contributed by atoms with Crippen molar-refractivity contribution in [3.63, 3.8) is 0 Å². The Morgan fingerprint density at radius 1 is 0.800 bits per heavy atom. The molecule has 0 unspecified atom stereocenters. The van der Waals surface area contributed by atoms with E-state index in [2.05, 4.69) is 6.08 Å². The van der Waals surface area contributed by atoms with Gasteiger partial charge in [0, 0.05) is 18.6 Å². The normalized spacial score (nSPS) is 14.6. The van der Waals surface area contributed by atoms with Crippen molar-refractivity contribution >= 4 is 17.9 Å². The summed E-state index contributed by atoms with van der Waals surface area (Å²) in [6.07, 6.45) is 13.9. The molecule has 25 heavy (non-hydrogen) atoms. The van der Waals surface area contributed by atoms with Gasteiger partial charge in [-0.05, 0) is 48.6 Å². The largest absolute Gasteiger partial charge is 0.618 e. The van der Waals surface area contributed by atoms with Gasteiger partial charge < -0.3 is 5.21 Å². The lowest BCUT2D eigenvalue weighted by molar-refractivity contribution is -0.404. The Kier molecular flexibility index (Phi) is 6.00. The number of benzene rings is 2. The smallest absolute Gasteiger partial charge is 0.216 e. The monoisotopic (exact) mass is 329 g/mol. The molecule has 3 rings (SSSR count). The summed E-state index contributed by atoms with van der Waals surface area (Å²) >= 11 is 0. The summed E-state index contributed by atoms with van der Waals surface area (Å²) in [5, 5.41) is 12.8. The Hall–Kier alpha value is -2.87. The van der Waals surface area contributed by atoms with Crippen LogP contribution in [0.2, 0.25) is 0 Å². The Balaban J connectivity index is 1.91. The van der Waals surface area contributed by atoms with E-state index >= 15 is 0 Å². The fraction of sp³-hybridized carbons (Fsp3) is 0.174. The van der Waals surface area contributed by atoms with Crippen molar-refractivity contribution in [1.29, 1.82) is 0 Å². The van der Waals surface area contributed by atoms with Crippen molar-refractivity contribution in [2.45, 2.75) is 25.7 Å². The minimum Gasteiger partial charge on any atom is -0.618 e. The highest BCUT2D eigenvalue weighted by molar-refractivity contribution is 6.05. The summed E-state index contributed by atoms with van der Waals surface area (Å²) in [5.41, 5.74) is 3.69. The van der Waals surface area contributed by atoms with Crippen molar-refractivity contribution < 1.29 is 4.74 Å². The fourth-order valence-electron chi connectivity index (χ4n) is 2.85. The van der Waals surface area contributed by atoms with Crippen LogP contribution in [0.15, 0.2) is 84.6 Å². The Morgan fingerprint density at radius 2 is 1.36 bits per heavy atom. The van der Waals surface area contributed by atoms with Crippen molar-refractivity contribution in [3.05, 3.63) is 101 Å². The van der Waals surface area contributed by atoms with Crippen LogP contribution >= 0.6 is 0 Å². The molecule has 2 heteroatoms. The molecule has 0 aliphatic heterocycles. The molecular weight excluding hydrogens is 306 g/mol. The maximum Gasteiger partial charge on any atom is 0.216 e. The molecule has 126 valence electrons. The maximum atomic E-state index is 12.8. The molecule has 0 amide bonds. The molecule has 2 aromatic rings. The van der Waals surface area contributed by atoms with E-state index in [0.29, 0.717) is 5.71 Å². The van der Waals surface area contributed by atoms with Crippen LogP contribution in [0.5, 0.6) is 0 Å². The van der Waals surface area contributed by atoms with Gasteiger partial charge >= 0.3 is 0 Å². The summed E-state index contributed by atoms with van der Waals surface area (Å²) in [7, 11) is 0. The lowest BCUT2D eigenvalue weighted by Crippen LogP contribution is -2.13. The molecule has 1 aliphatic rings. The third-order valence-electron chi connectivity index (χ3n) is 4.25. The predicted molar refractivity (Wildman–Crippen MR) is 106 cm³/mol. The third-order valence-corrected chi connectivity index (χ3v) is 4.25. The van der Waals surface area contributed by atoms with Crippen LogP contribution in [0.25, 0.3) is 12.2 Å². The highest BCUT2D eigenvalue weighted by atomic mass is 16.5. The first kappa shape index (κ1) is 17.0. The van der Waals surface area contributed by atoms with E-state index in [1.54, 1.807) is 0 Å². The molecule has 0 spiro atoms. The van der Waals surface area contributed by atoms with Crippen molar-refractivity contribution in [1.82, 2.24) is 0 Å². The summed E-state index contributed by atoms with van der Waals surface area (Å²) in [6.45, 7) is 0. The van der Waals surface area contributed by atoms with Crippen LogP contribution in [0.3, 0.4) is 0 Å². The first-order valence-electron chi connectivity index (χ1n) is 8.82. The maximum absolute atomic E-state index is 12.8. The van der Waals surface area contributed by atoms with Gasteiger partial charge in [-0.3, -0.25) is 0 Å². The van der Waals surface area contributed by atoms with E-state index in [1.165, 1.54) is 6.42 Å². The van der Waals surface area contributed by atoms with E-state index in [9.17, 15) is 5.21 Å². The van der Waals surface area contributed by atoms with Gasteiger partial charge in [-0.2, -0.15) is 4.74 Å². The fourth-order valence-corrected chi connectivity index (χ4v) is 2.85. The third kappa shape index (κ3) is 5.05. The average Bonchev–Trinajstić information content (AvgIpc) is 2.70. The van der Waals surface area contributed by atoms with Crippen LogP contribution in [0.1, 0.15) is 36.8 Å². The second-order valence-electron chi connectivity index (χ2n) is 6.15. The first-order valence-corrected chi connectivity index (χ1v) is 8.82.